The van der Waals surface area contributed by atoms with Crippen molar-refractivity contribution in [2.75, 3.05) is 6.54 Å². The second-order valence-corrected chi connectivity index (χ2v) is 4.42. The van der Waals surface area contributed by atoms with Gasteiger partial charge in [-0.15, -0.1) is 0 Å². The van der Waals surface area contributed by atoms with Gasteiger partial charge in [-0.05, 0) is 30.3 Å². The minimum absolute atomic E-state index is 0.0187. The Balaban J connectivity index is 2.10. The summed E-state index contributed by atoms with van der Waals surface area (Å²) in [5, 5.41) is 9.76. The number of rotatable bonds is 6. The summed E-state index contributed by atoms with van der Waals surface area (Å²) >= 11 is 0. The number of benzene rings is 2. The Hall–Kier alpha value is -2.33. The van der Waals surface area contributed by atoms with E-state index in [1.54, 1.807) is 12.1 Å². The number of nitrogens with two attached hydrogens (primary N) is 1. The summed E-state index contributed by atoms with van der Waals surface area (Å²) < 4.78 is 5.56. The smallest absolute Gasteiger partial charge is 0.164 e. The van der Waals surface area contributed by atoms with Gasteiger partial charge < -0.3 is 15.6 Å². The molecule has 0 aliphatic rings. The number of hydrogen-bond acceptors (Lipinski definition) is 4. The minimum atomic E-state index is -0.0583. The highest BCUT2D eigenvalue weighted by Crippen LogP contribution is 2.28. The van der Waals surface area contributed by atoms with E-state index >= 15 is 0 Å². The van der Waals surface area contributed by atoms with Gasteiger partial charge in [-0.25, -0.2) is 0 Å². The van der Waals surface area contributed by atoms with E-state index in [9.17, 15) is 9.90 Å². The van der Waals surface area contributed by atoms with Crippen LogP contribution < -0.4 is 10.5 Å². The van der Waals surface area contributed by atoms with Crippen LogP contribution in [0.4, 0.5) is 0 Å². The third-order valence-corrected chi connectivity index (χ3v) is 2.89. The van der Waals surface area contributed by atoms with Gasteiger partial charge in [0.25, 0.3) is 0 Å². The van der Waals surface area contributed by atoms with E-state index in [1.807, 2.05) is 30.3 Å². The highest BCUT2D eigenvalue weighted by Gasteiger charge is 2.09. The number of carbonyl (C=O) groups excluding carboxylic acids is 1. The molecule has 0 radical (unpaired) electrons. The van der Waals surface area contributed by atoms with Crippen LogP contribution in [0, 0.1) is 0 Å². The van der Waals surface area contributed by atoms with Crippen molar-refractivity contribution < 1.29 is 14.6 Å². The summed E-state index contributed by atoms with van der Waals surface area (Å²) in [5.74, 6) is 0.263. The van der Waals surface area contributed by atoms with Crippen molar-refractivity contribution in [3.8, 4) is 11.5 Å². The van der Waals surface area contributed by atoms with Crippen LogP contribution in [-0.2, 0) is 6.61 Å². The van der Waals surface area contributed by atoms with Crippen LogP contribution in [0.2, 0.25) is 0 Å². The SMILES string of the molecule is NCCC(=O)c1ccc(O)c(OCc2ccccc2)c1. The standard InChI is InChI=1S/C16H17NO3/c17-9-8-14(18)13-6-7-15(19)16(10-13)20-11-12-4-2-1-3-5-12/h1-7,10,19H,8-9,11,17H2. The first-order chi connectivity index (χ1) is 9.70. The zero-order chi connectivity index (χ0) is 14.4. The first kappa shape index (κ1) is 14.1. The molecule has 0 unspecified atom stereocenters. The number of aromatic hydroxyl groups is 1. The molecule has 0 heterocycles. The summed E-state index contributed by atoms with van der Waals surface area (Å²) in [7, 11) is 0. The van der Waals surface area contributed by atoms with Crippen molar-refractivity contribution in [2.45, 2.75) is 13.0 Å². The Morgan fingerprint density at radius 1 is 1.15 bits per heavy atom. The average Bonchev–Trinajstić information content (AvgIpc) is 2.47. The molecule has 0 aromatic heterocycles. The molecule has 0 fully saturated rings. The molecule has 0 saturated carbocycles. The maximum absolute atomic E-state index is 11.8. The molecule has 0 bridgehead atoms. The van der Waals surface area contributed by atoms with E-state index in [0.717, 1.165) is 5.56 Å². The topological polar surface area (TPSA) is 72.6 Å². The molecule has 0 atom stereocenters. The predicted octanol–water partition coefficient (Wildman–Crippen LogP) is 2.50. The molecule has 104 valence electrons. The number of phenolic OH excluding ortho intramolecular Hbond substituents is 1. The molecule has 0 amide bonds. The first-order valence-corrected chi connectivity index (χ1v) is 6.43. The van der Waals surface area contributed by atoms with Crippen molar-refractivity contribution in [1.82, 2.24) is 0 Å². The highest BCUT2D eigenvalue weighted by molar-refractivity contribution is 5.96. The van der Waals surface area contributed by atoms with Crippen molar-refractivity contribution in [3.05, 3.63) is 59.7 Å². The fourth-order valence-electron chi connectivity index (χ4n) is 1.81. The molecule has 3 N–H and O–H groups in total. The van der Waals surface area contributed by atoms with E-state index in [0.29, 0.717) is 24.5 Å². The molecule has 2 rings (SSSR count). The molecular weight excluding hydrogens is 254 g/mol. The summed E-state index contributed by atoms with van der Waals surface area (Å²) in [6.07, 6.45) is 0.281. The maximum Gasteiger partial charge on any atom is 0.164 e. The van der Waals surface area contributed by atoms with Gasteiger partial charge in [0.15, 0.2) is 17.3 Å². The lowest BCUT2D eigenvalue weighted by molar-refractivity contribution is 0.0985. The van der Waals surface area contributed by atoms with Crippen LogP contribution in [0.15, 0.2) is 48.5 Å². The van der Waals surface area contributed by atoms with Gasteiger partial charge in [0.1, 0.15) is 6.61 Å². The maximum atomic E-state index is 11.8. The summed E-state index contributed by atoms with van der Waals surface area (Å²) in [6.45, 7) is 0.642. The van der Waals surface area contributed by atoms with Crippen LogP contribution in [0.1, 0.15) is 22.3 Å². The lowest BCUT2D eigenvalue weighted by Gasteiger charge is -2.09. The molecule has 0 aliphatic heterocycles. The molecular formula is C16H17NO3. The van der Waals surface area contributed by atoms with Gasteiger partial charge in [0, 0.05) is 12.0 Å². The van der Waals surface area contributed by atoms with E-state index in [4.69, 9.17) is 10.5 Å². The summed E-state index contributed by atoms with van der Waals surface area (Å²) in [6, 6.07) is 14.2. The quantitative estimate of drug-likeness (QED) is 0.792. The summed E-state index contributed by atoms with van der Waals surface area (Å²) in [5.41, 5.74) is 6.86. The molecule has 2 aromatic carbocycles. The van der Waals surface area contributed by atoms with E-state index in [-0.39, 0.29) is 18.0 Å². The third-order valence-electron chi connectivity index (χ3n) is 2.89. The number of Topliss-reactive ketones (excluding diaryl/α,β-unsaturated/α-hetero) is 1. The lowest BCUT2D eigenvalue weighted by atomic mass is 10.1. The normalized spacial score (nSPS) is 10.2. The average molecular weight is 271 g/mol. The van der Waals surface area contributed by atoms with Crippen LogP contribution >= 0.6 is 0 Å². The van der Waals surface area contributed by atoms with Crippen molar-refractivity contribution in [1.29, 1.82) is 0 Å². The van der Waals surface area contributed by atoms with Gasteiger partial charge in [-0.1, -0.05) is 30.3 Å². The molecule has 4 nitrogen and oxygen atoms in total. The third kappa shape index (κ3) is 3.59. The molecule has 0 spiro atoms. The van der Waals surface area contributed by atoms with Crippen LogP contribution in [0.25, 0.3) is 0 Å². The Morgan fingerprint density at radius 3 is 2.60 bits per heavy atom. The minimum Gasteiger partial charge on any atom is -0.504 e. The Labute approximate surface area is 117 Å². The molecule has 2 aromatic rings. The number of phenols is 1. The van der Waals surface area contributed by atoms with Crippen molar-refractivity contribution in [2.24, 2.45) is 5.73 Å². The van der Waals surface area contributed by atoms with Gasteiger partial charge in [-0.3, -0.25) is 4.79 Å². The molecule has 4 heteroatoms. The fraction of sp³-hybridized carbons (Fsp3) is 0.188. The number of hydrogen-bond donors (Lipinski definition) is 2. The Morgan fingerprint density at radius 2 is 1.90 bits per heavy atom. The zero-order valence-electron chi connectivity index (χ0n) is 11.1. The molecule has 0 saturated heterocycles. The van der Waals surface area contributed by atoms with Crippen LogP contribution in [-0.4, -0.2) is 17.4 Å². The van der Waals surface area contributed by atoms with E-state index in [2.05, 4.69) is 0 Å². The second kappa shape index (κ2) is 6.73. The van der Waals surface area contributed by atoms with Crippen molar-refractivity contribution >= 4 is 5.78 Å². The van der Waals surface area contributed by atoms with Gasteiger partial charge >= 0.3 is 0 Å². The number of carbonyl (C=O) groups is 1. The Bertz CT molecular complexity index is 582. The zero-order valence-corrected chi connectivity index (χ0v) is 11.1. The predicted molar refractivity (Wildman–Crippen MR) is 76.9 cm³/mol. The van der Waals surface area contributed by atoms with Gasteiger partial charge in [0.05, 0.1) is 0 Å². The van der Waals surface area contributed by atoms with Gasteiger partial charge in [-0.2, -0.15) is 0 Å². The Kier molecular flexibility index (Phi) is 4.74. The molecule has 0 aliphatic carbocycles. The fourth-order valence-corrected chi connectivity index (χ4v) is 1.81. The van der Waals surface area contributed by atoms with Gasteiger partial charge in [0.2, 0.25) is 0 Å². The van der Waals surface area contributed by atoms with Crippen molar-refractivity contribution in [3.63, 3.8) is 0 Å². The first-order valence-electron chi connectivity index (χ1n) is 6.43. The van der Waals surface area contributed by atoms with Crippen LogP contribution in [0.3, 0.4) is 0 Å². The highest BCUT2D eigenvalue weighted by atomic mass is 16.5. The monoisotopic (exact) mass is 271 g/mol. The molecule has 20 heavy (non-hydrogen) atoms. The lowest BCUT2D eigenvalue weighted by Crippen LogP contribution is -2.08. The van der Waals surface area contributed by atoms with Crippen LogP contribution in [0.5, 0.6) is 11.5 Å². The largest absolute Gasteiger partial charge is 0.504 e. The van der Waals surface area contributed by atoms with E-state index < -0.39 is 0 Å². The second-order valence-electron chi connectivity index (χ2n) is 4.42. The van der Waals surface area contributed by atoms with E-state index in [1.165, 1.54) is 6.07 Å². The number of ketones is 1. The summed E-state index contributed by atoms with van der Waals surface area (Å²) in [4.78, 5) is 11.8. The number of ether oxygens (including phenoxy) is 1.